The Bertz CT molecular complexity index is 843. The van der Waals surface area contributed by atoms with E-state index in [1.807, 2.05) is 83.8 Å². The molecule has 25 heavy (non-hydrogen) atoms. The van der Waals surface area contributed by atoms with E-state index in [0.717, 1.165) is 34.4 Å². The predicted octanol–water partition coefficient (Wildman–Crippen LogP) is 5.72. The molecule has 1 atom stereocenters. The van der Waals surface area contributed by atoms with Crippen molar-refractivity contribution < 1.29 is 8.78 Å². The van der Waals surface area contributed by atoms with Crippen molar-refractivity contribution >= 4 is 5.69 Å². The Morgan fingerprint density at radius 1 is 0.760 bits per heavy atom. The van der Waals surface area contributed by atoms with E-state index in [9.17, 15) is 8.78 Å². The van der Waals surface area contributed by atoms with Crippen LogP contribution in [0, 0.1) is 0 Å². The summed E-state index contributed by atoms with van der Waals surface area (Å²) in [4.78, 5) is 1.84. The number of halogens is 2. The van der Waals surface area contributed by atoms with Crippen molar-refractivity contribution in [1.82, 2.24) is 0 Å². The standard InChI is InChI=1S/C22H19F2N/c23-22(24)21-20-9-5-4-8-18(20)14-15-25(21)19-12-10-17(11-13-19)16-6-2-1-3-7-16/h1-13,21-22H,14-15H2. The van der Waals surface area contributed by atoms with Gasteiger partial charge in [-0.1, -0.05) is 66.7 Å². The van der Waals surface area contributed by atoms with Crippen LogP contribution in [0.25, 0.3) is 11.1 Å². The Kier molecular flexibility index (Phi) is 4.22. The third-order valence-electron chi connectivity index (χ3n) is 4.88. The van der Waals surface area contributed by atoms with Gasteiger partial charge in [0.05, 0.1) is 0 Å². The molecular formula is C22H19F2N. The highest BCUT2D eigenvalue weighted by Gasteiger charge is 2.34. The molecule has 0 amide bonds. The number of anilines is 1. The molecule has 3 heteroatoms. The molecule has 3 aromatic rings. The normalized spacial score (nSPS) is 16.8. The summed E-state index contributed by atoms with van der Waals surface area (Å²) in [6.07, 6.45) is -1.63. The largest absolute Gasteiger partial charge is 0.359 e. The zero-order valence-electron chi connectivity index (χ0n) is 13.8. The van der Waals surface area contributed by atoms with E-state index in [4.69, 9.17) is 0 Å². The van der Waals surface area contributed by atoms with Gasteiger partial charge in [0.2, 0.25) is 0 Å². The molecule has 4 rings (SSSR count). The minimum Gasteiger partial charge on any atom is -0.359 e. The highest BCUT2D eigenvalue weighted by atomic mass is 19.3. The van der Waals surface area contributed by atoms with E-state index in [0.29, 0.717) is 6.54 Å². The van der Waals surface area contributed by atoms with Gasteiger partial charge < -0.3 is 4.90 Å². The fraction of sp³-hybridized carbons (Fsp3) is 0.182. The summed E-state index contributed by atoms with van der Waals surface area (Å²) in [6, 6.07) is 24.7. The second-order valence-electron chi connectivity index (χ2n) is 6.33. The van der Waals surface area contributed by atoms with Gasteiger partial charge in [0.15, 0.2) is 0 Å². The Labute approximate surface area is 146 Å². The molecule has 0 aliphatic carbocycles. The lowest BCUT2D eigenvalue weighted by Crippen LogP contribution is -2.39. The topological polar surface area (TPSA) is 3.24 Å². The van der Waals surface area contributed by atoms with Gasteiger partial charge in [-0.25, -0.2) is 8.78 Å². The molecule has 0 N–H and O–H groups in total. The van der Waals surface area contributed by atoms with Gasteiger partial charge >= 0.3 is 0 Å². The minimum absolute atomic E-state index is 0.608. The molecule has 1 nitrogen and oxygen atoms in total. The molecule has 0 saturated heterocycles. The highest BCUT2D eigenvalue weighted by molar-refractivity contribution is 5.66. The van der Waals surface area contributed by atoms with Crippen LogP contribution in [-0.2, 0) is 6.42 Å². The monoisotopic (exact) mass is 335 g/mol. The number of alkyl halides is 2. The summed E-state index contributed by atoms with van der Waals surface area (Å²) in [6.45, 7) is 0.608. The van der Waals surface area contributed by atoms with Crippen LogP contribution in [0.2, 0.25) is 0 Å². The maximum atomic E-state index is 13.8. The molecule has 0 radical (unpaired) electrons. The summed E-state index contributed by atoms with van der Waals surface area (Å²) < 4.78 is 27.7. The van der Waals surface area contributed by atoms with Crippen LogP contribution >= 0.6 is 0 Å². The van der Waals surface area contributed by atoms with Crippen LogP contribution in [0.3, 0.4) is 0 Å². The molecule has 0 fully saturated rings. The predicted molar refractivity (Wildman–Crippen MR) is 98.1 cm³/mol. The minimum atomic E-state index is -2.42. The van der Waals surface area contributed by atoms with Gasteiger partial charge in [-0.2, -0.15) is 0 Å². The molecule has 0 saturated carbocycles. The molecular weight excluding hydrogens is 316 g/mol. The fourth-order valence-corrected chi connectivity index (χ4v) is 3.64. The molecule has 1 aliphatic rings. The van der Waals surface area contributed by atoms with Crippen molar-refractivity contribution in [1.29, 1.82) is 0 Å². The maximum Gasteiger partial charge on any atom is 0.262 e. The van der Waals surface area contributed by atoms with E-state index in [2.05, 4.69) is 0 Å². The first kappa shape index (κ1) is 15.8. The third kappa shape index (κ3) is 3.02. The van der Waals surface area contributed by atoms with Crippen LogP contribution in [0.5, 0.6) is 0 Å². The smallest absolute Gasteiger partial charge is 0.262 e. The lowest BCUT2D eigenvalue weighted by molar-refractivity contribution is 0.109. The Balaban J connectivity index is 1.67. The number of rotatable bonds is 3. The number of hydrogen-bond donors (Lipinski definition) is 0. The molecule has 1 aliphatic heterocycles. The Morgan fingerprint density at radius 2 is 1.40 bits per heavy atom. The first-order chi connectivity index (χ1) is 12.2. The lowest BCUT2D eigenvalue weighted by Gasteiger charge is -2.38. The molecule has 0 aromatic heterocycles. The van der Waals surface area contributed by atoms with E-state index in [-0.39, 0.29) is 0 Å². The van der Waals surface area contributed by atoms with E-state index in [1.165, 1.54) is 0 Å². The zero-order valence-corrected chi connectivity index (χ0v) is 13.8. The number of hydrogen-bond acceptors (Lipinski definition) is 1. The average molecular weight is 335 g/mol. The van der Waals surface area contributed by atoms with Gasteiger partial charge in [-0.3, -0.25) is 0 Å². The summed E-state index contributed by atoms with van der Waals surface area (Å²) in [5, 5.41) is 0. The highest BCUT2D eigenvalue weighted by Crippen LogP contribution is 2.38. The SMILES string of the molecule is FC(F)C1c2ccccc2CCN1c1ccc(-c2ccccc2)cc1. The second-order valence-corrected chi connectivity index (χ2v) is 6.33. The van der Waals surface area contributed by atoms with Crippen molar-refractivity contribution in [2.45, 2.75) is 18.9 Å². The van der Waals surface area contributed by atoms with Crippen LogP contribution in [0.1, 0.15) is 17.2 Å². The second kappa shape index (κ2) is 6.67. The summed E-state index contributed by atoms with van der Waals surface area (Å²) in [5.74, 6) is 0. The molecule has 126 valence electrons. The third-order valence-corrected chi connectivity index (χ3v) is 4.88. The van der Waals surface area contributed by atoms with Crippen LogP contribution in [-0.4, -0.2) is 13.0 Å². The quantitative estimate of drug-likeness (QED) is 0.591. The van der Waals surface area contributed by atoms with Gasteiger partial charge in [0.25, 0.3) is 6.43 Å². The van der Waals surface area contributed by atoms with Gasteiger partial charge in [0, 0.05) is 12.2 Å². The fourth-order valence-electron chi connectivity index (χ4n) is 3.64. The van der Waals surface area contributed by atoms with Crippen LogP contribution in [0.4, 0.5) is 14.5 Å². The van der Waals surface area contributed by atoms with Gasteiger partial charge in [-0.05, 0) is 40.8 Å². The van der Waals surface area contributed by atoms with Crippen molar-refractivity contribution in [3.63, 3.8) is 0 Å². The Morgan fingerprint density at radius 3 is 2.12 bits per heavy atom. The summed E-state index contributed by atoms with van der Waals surface area (Å²) in [7, 11) is 0. The number of nitrogens with zero attached hydrogens (tertiary/aromatic N) is 1. The number of benzene rings is 3. The summed E-state index contributed by atoms with van der Waals surface area (Å²) >= 11 is 0. The average Bonchev–Trinajstić information content (AvgIpc) is 2.68. The molecule has 1 heterocycles. The lowest BCUT2D eigenvalue weighted by atomic mass is 9.92. The first-order valence-corrected chi connectivity index (χ1v) is 8.52. The van der Waals surface area contributed by atoms with Crippen molar-refractivity contribution in [2.75, 3.05) is 11.4 Å². The van der Waals surface area contributed by atoms with Crippen LogP contribution in [0.15, 0.2) is 78.9 Å². The molecule has 0 spiro atoms. The molecule has 1 unspecified atom stereocenters. The van der Waals surface area contributed by atoms with Crippen molar-refractivity contribution in [3.8, 4) is 11.1 Å². The van der Waals surface area contributed by atoms with E-state index < -0.39 is 12.5 Å². The Hall–Kier alpha value is -2.68. The van der Waals surface area contributed by atoms with Gasteiger partial charge in [0.1, 0.15) is 6.04 Å². The van der Waals surface area contributed by atoms with Crippen molar-refractivity contribution in [2.24, 2.45) is 0 Å². The zero-order chi connectivity index (χ0) is 17.2. The summed E-state index contributed by atoms with van der Waals surface area (Å²) in [5.41, 5.74) is 4.85. The molecule has 0 bridgehead atoms. The maximum absolute atomic E-state index is 13.8. The van der Waals surface area contributed by atoms with E-state index in [1.54, 1.807) is 0 Å². The van der Waals surface area contributed by atoms with Crippen molar-refractivity contribution in [3.05, 3.63) is 90.0 Å². The number of fused-ring (bicyclic) bond motifs is 1. The van der Waals surface area contributed by atoms with E-state index >= 15 is 0 Å². The van der Waals surface area contributed by atoms with Gasteiger partial charge in [-0.15, -0.1) is 0 Å². The first-order valence-electron chi connectivity index (χ1n) is 8.52. The molecule has 3 aromatic carbocycles. The van der Waals surface area contributed by atoms with Crippen LogP contribution < -0.4 is 4.90 Å².